The second-order valence-electron chi connectivity index (χ2n) is 1.96. The van der Waals surface area contributed by atoms with Gasteiger partial charge >= 0.3 is 5.69 Å². The summed E-state index contributed by atoms with van der Waals surface area (Å²) in [5.74, 6) is 2.06. The average molecular weight is 179 g/mol. The van der Waals surface area contributed by atoms with Crippen molar-refractivity contribution in [2.75, 3.05) is 6.61 Å². The lowest BCUT2D eigenvalue weighted by atomic mass is 10.5. The predicted molar refractivity (Wildman–Crippen MR) is 43.0 cm³/mol. The van der Waals surface area contributed by atoms with E-state index in [9.17, 15) is 10.1 Å². The molecule has 0 aromatic carbocycles. The first kappa shape index (κ1) is 8.93. The summed E-state index contributed by atoms with van der Waals surface area (Å²) in [6, 6.07) is 0. The maximum Gasteiger partial charge on any atom is 0.349 e. The number of nitro groups is 1. The fraction of sp³-hybridized carbons (Fsp3) is 0.143. The Balaban J connectivity index is 2.92. The van der Waals surface area contributed by atoms with E-state index >= 15 is 0 Å². The highest BCUT2D eigenvalue weighted by Crippen LogP contribution is 2.20. The summed E-state index contributed by atoms with van der Waals surface area (Å²) in [4.78, 5) is 16.8. The van der Waals surface area contributed by atoms with Crippen molar-refractivity contribution < 1.29 is 9.66 Å². The Kier molecular flexibility index (Phi) is 2.76. The zero-order valence-corrected chi connectivity index (χ0v) is 6.51. The van der Waals surface area contributed by atoms with Gasteiger partial charge in [-0.3, -0.25) is 10.1 Å². The molecule has 6 heteroatoms. The first-order valence-corrected chi connectivity index (χ1v) is 3.26. The second-order valence-corrected chi connectivity index (χ2v) is 1.96. The maximum atomic E-state index is 10.4. The standard InChI is InChI=1S/C7H5N3O3/c1-2-3-13-7-6(10(11)12)4-8-5-9-7/h1,4-5H,3H2. The molecule has 0 atom stereocenters. The van der Waals surface area contributed by atoms with Gasteiger partial charge in [-0.25, -0.2) is 4.98 Å². The molecule has 0 saturated heterocycles. The molecule has 0 aliphatic heterocycles. The highest BCUT2D eigenvalue weighted by Gasteiger charge is 2.15. The zero-order chi connectivity index (χ0) is 9.68. The lowest BCUT2D eigenvalue weighted by Crippen LogP contribution is -2.00. The molecular formula is C7H5N3O3. The molecule has 1 heterocycles. The van der Waals surface area contributed by atoms with Crippen LogP contribution in [0.3, 0.4) is 0 Å². The van der Waals surface area contributed by atoms with Crippen LogP contribution in [-0.2, 0) is 0 Å². The van der Waals surface area contributed by atoms with Crippen molar-refractivity contribution in [3.63, 3.8) is 0 Å². The fourth-order valence-electron chi connectivity index (χ4n) is 0.658. The molecule has 1 aromatic rings. The largest absolute Gasteiger partial charge is 0.460 e. The number of aromatic nitrogens is 2. The topological polar surface area (TPSA) is 78.2 Å². The summed E-state index contributed by atoms with van der Waals surface area (Å²) >= 11 is 0. The van der Waals surface area contributed by atoms with Gasteiger partial charge in [-0.1, -0.05) is 5.92 Å². The Bertz CT molecular complexity index is 358. The van der Waals surface area contributed by atoms with Crippen LogP contribution in [0.1, 0.15) is 0 Å². The number of hydrogen-bond acceptors (Lipinski definition) is 5. The molecule has 1 rings (SSSR count). The molecule has 0 saturated carbocycles. The van der Waals surface area contributed by atoms with Gasteiger partial charge in [0.2, 0.25) is 0 Å². The molecule has 0 bridgehead atoms. The van der Waals surface area contributed by atoms with Crippen LogP contribution in [0.2, 0.25) is 0 Å². The highest BCUT2D eigenvalue weighted by molar-refractivity contribution is 5.37. The summed E-state index contributed by atoms with van der Waals surface area (Å²) in [6.07, 6.45) is 7.12. The van der Waals surface area contributed by atoms with Gasteiger partial charge in [0.25, 0.3) is 5.88 Å². The van der Waals surface area contributed by atoms with Crippen molar-refractivity contribution in [3.05, 3.63) is 22.6 Å². The van der Waals surface area contributed by atoms with Crippen molar-refractivity contribution in [2.24, 2.45) is 0 Å². The molecule has 0 unspecified atom stereocenters. The summed E-state index contributed by atoms with van der Waals surface area (Å²) in [5, 5.41) is 10.4. The third-order valence-corrected chi connectivity index (χ3v) is 1.15. The van der Waals surface area contributed by atoms with Crippen molar-refractivity contribution in [1.82, 2.24) is 9.97 Å². The van der Waals surface area contributed by atoms with E-state index in [1.807, 2.05) is 0 Å². The molecule has 6 nitrogen and oxygen atoms in total. The zero-order valence-electron chi connectivity index (χ0n) is 6.51. The quantitative estimate of drug-likeness (QED) is 0.381. The fourth-order valence-corrected chi connectivity index (χ4v) is 0.658. The molecular weight excluding hydrogens is 174 g/mol. The number of rotatable bonds is 3. The SMILES string of the molecule is C#CCOc1ncncc1[N+](=O)[O-]. The Labute approximate surface area is 73.7 Å². The molecule has 1 aromatic heterocycles. The van der Waals surface area contributed by atoms with Crippen LogP contribution in [0.25, 0.3) is 0 Å². The molecule has 0 fully saturated rings. The minimum absolute atomic E-state index is 0.0577. The smallest absolute Gasteiger partial charge is 0.349 e. The predicted octanol–water partition coefficient (Wildman–Crippen LogP) is 0.397. The van der Waals surface area contributed by atoms with Crippen LogP contribution in [0.4, 0.5) is 5.69 Å². The monoisotopic (exact) mass is 179 g/mol. The van der Waals surface area contributed by atoms with E-state index in [2.05, 4.69) is 15.9 Å². The van der Waals surface area contributed by atoms with Crippen LogP contribution in [-0.4, -0.2) is 21.5 Å². The van der Waals surface area contributed by atoms with Gasteiger partial charge in [-0.2, -0.15) is 4.98 Å². The lowest BCUT2D eigenvalue weighted by Gasteiger charge is -1.99. The van der Waals surface area contributed by atoms with Gasteiger partial charge in [-0.15, -0.1) is 6.42 Å². The molecule has 0 aliphatic rings. The molecule has 66 valence electrons. The maximum absolute atomic E-state index is 10.4. The summed E-state index contributed by atoms with van der Waals surface area (Å²) in [6.45, 7) is -0.0577. The Morgan fingerprint density at radius 2 is 2.54 bits per heavy atom. The Morgan fingerprint density at radius 3 is 3.15 bits per heavy atom. The summed E-state index contributed by atoms with van der Waals surface area (Å²) in [7, 11) is 0. The summed E-state index contributed by atoms with van der Waals surface area (Å²) < 4.78 is 4.82. The first-order valence-electron chi connectivity index (χ1n) is 3.26. The van der Waals surface area contributed by atoms with E-state index in [0.717, 1.165) is 12.5 Å². The molecule has 0 N–H and O–H groups in total. The van der Waals surface area contributed by atoms with Crippen molar-refractivity contribution in [3.8, 4) is 18.2 Å². The third-order valence-electron chi connectivity index (χ3n) is 1.15. The number of nitrogens with zero attached hydrogens (tertiary/aromatic N) is 3. The molecule has 0 spiro atoms. The van der Waals surface area contributed by atoms with E-state index in [-0.39, 0.29) is 18.2 Å². The van der Waals surface area contributed by atoms with Crippen molar-refractivity contribution in [1.29, 1.82) is 0 Å². The van der Waals surface area contributed by atoms with Gasteiger partial charge in [0.15, 0.2) is 6.61 Å². The van der Waals surface area contributed by atoms with Crippen LogP contribution in [0.15, 0.2) is 12.5 Å². The molecule has 0 radical (unpaired) electrons. The van der Waals surface area contributed by atoms with Crippen molar-refractivity contribution in [2.45, 2.75) is 0 Å². The van der Waals surface area contributed by atoms with Crippen LogP contribution in [0, 0.1) is 22.5 Å². The van der Waals surface area contributed by atoms with Gasteiger partial charge in [-0.05, 0) is 0 Å². The molecule has 13 heavy (non-hydrogen) atoms. The van der Waals surface area contributed by atoms with Gasteiger partial charge in [0.05, 0.1) is 4.92 Å². The normalized spacial score (nSPS) is 8.85. The minimum atomic E-state index is -0.633. The number of ether oxygens (including phenoxy) is 1. The third kappa shape index (κ3) is 2.13. The molecule has 0 aliphatic carbocycles. The van der Waals surface area contributed by atoms with E-state index < -0.39 is 4.92 Å². The van der Waals surface area contributed by atoms with E-state index in [1.165, 1.54) is 0 Å². The minimum Gasteiger partial charge on any atom is -0.460 e. The van der Waals surface area contributed by atoms with Crippen molar-refractivity contribution >= 4 is 5.69 Å². The highest BCUT2D eigenvalue weighted by atomic mass is 16.6. The van der Waals surface area contributed by atoms with E-state index in [1.54, 1.807) is 0 Å². The molecule has 0 amide bonds. The average Bonchev–Trinajstić information content (AvgIpc) is 2.15. The summed E-state index contributed by atoms with van der Waals surface area (Å²) in [5.41, 5.74) is -0.294. The Hall–Kier alpha value is -2.16. The van der Waals surface area contributed by atoms with Crippen LogP contribution >= 0.6 is 0 Å². The van der Waals surface area contributed by atoms with Crippen LogP contribution < -0.4 is 4.74 Å². The van der Waals surface area contributed by atoms with Gasteiger partial charge < -0.3 is 4.74 Å². The Morgan fingerprint density at radius 1 is 1.77 bits per heavy atom. The van der Waals surface area contributed by atoms with Gasteiger partial charge in [0, 0.05) is 0 Å². The second kappa shape index (κ2) is 4.01. The first-order chi connectivity index (χ1) is 6.25. The van der Waals surface area contributed by atoms with E-state index in [0.29, 0.717) is 0 Å². The lowest BCUT2D eigenvalue weighted by molar-refractivity contribution is -0.386. The van der Waals surface area contributed by atoms with E-state index in [4.69, 9.17) is 11.2 Å². The van der Waals surface area contributed by atoms with Gasteiger partial charge in [0.1, 0.15) is 12.5 Å². The van der Waals surface area contributed by atoms with Crippen LogP contribution in [0.5, 0.6) is 5.88 Å². The number of hydrogen-bond donors (Lipinski definition) is 0. The number of terminal acetylenes is 1.